The second-order valence-corrected chi connectivity index (χ2v) is 3.06. The van der Waals surface area contributed by atoms with Gasteiger partial charge in [-0.1, -0.05) is 12.1 Å². The summed E-state index contributed by atoms with van der Waals surface area (Å²) in [6.07, 6.45) is 3.20. The molecule has 0 aliphatic rings. The van der Waals surface area contributed by atoms with Crippen molar-refractivity contribution in [1.29, 1.82) is 0 Å². The van der Waals surface area contributed by atoms with E-state index in [0.29, 0.717) is 17.5 Å². The Morgan fingerprint density at radius 3 is 3.06 bits per heavy atom. The standard InChI is InChI=1S/C11H9N3O2/c15-7-6-13-14-9-4-3-8-2-1-5-12-10(8)11(9)16/h1-7,14,16H/b13-6+. The molecule has 16 heavy (non-hydrogen) atoms. The van der Waals surface area contributed by atoms with Crippen LogP contribution in [0, 0.1) is 0 Å². The summed E-state index contributed by atoms with van der Waals surface area (Å²) in [4.78, 5) is 14.1. The number of fused-ring (bicyclic) bond motifs is 1. The number of nitrogens with zero attached hydrogens (tertiary/aromatic N) is 2. The van der Waals surface area contributed by atoms with E-state index >= 15 is 0 Å². The number of anilines is 1. The second kappa shape index (κ2) is 4.39. The topological polar surface area (TPSA) is 74.6 Å². The largest absolute Gasteiger partial charge is 0.504 e. The van der Waals surface area contributed by atoms with E-state index in [2.05, 4.69) is 15.5 Å². The Labute approximate surface area is 91.4 Å². The van der Waals surface area contributed by atoms with Crippen molar-refractivity contribution in [2.75, 3.05) is 5.43 Å². The zero-order chi connectivity index (χ0) is 11.4. The van der Waals surface area contributed by atoms with Crippen LogP contribution >= 0.6 is 0 Å². The molecule has 2 aromatic rings. The smallest absolute Gasteiger partial charge is 0.167 e. The highest BCUT2D eigenvalue weighted by atomic mass is 16.3. The van der Waals surface area contributed by atoms with Gasteiger partial charge in [-0.05, 0) is 12.1 Å². The highest BCUT2D eigenvalue weighted by molar-refractivity contribution is 6.13. The summed E-state index contributed by atoms with van der Waals surface area (Å²) in [6, 6.07) is 7.11. The average Bonchev–Trinajstić information content (AvgIpc) is 2.33. The first-order valence-electron chi connectivity index (χ1n) is 4.62. The molecule has 0 aliphatic heterocycles. The fraction of sp³-hybridized carbons (Fsp3) is 0. The molecule has 0 saturated heterocycles. The van der Waals surface area contributed by atoms with Crippen molar-refractivity contribution in [3.8, 4) is 5.75 Å². The van der Waals surface area contributed by atoms with Crippen molar-refractivity contribution in [3.05, 3.63) is 30.5 Å². The van der Waals surface area contributed by atoms with E-state index < -0.39 is 0 Å². The van der Waals surface area contributed by atoms with E-state index in [1.165, 1.54) is 0 Å². The molecule has 1 aromatic heterocycles. The number of hydrogen-bond acceptors (Lipinski definition) is 5. The minimum absolute atomic E-state index is 0.0150. The summed E-state index contributed by atoms with van der Waals surface area (Å²) >= 11 is 0. The number of nitrogens with one attached hydrogen (secondary N) is 1. The lowest BCUT2D eigenvalue weighted by Gasteiger charge is -2.05. The number of aldehydes is 1. The van der Waals surface area contributed by atoms with E-state index in [1.807, 2.05) is 6.07 Å². The predicted octanol–water partition coefficient (Wildman–Crippen LogP) is 1.54. The molecule has 0 saturated carbocycles. The molecule has 0 aliphatic carbocycles. The van der Waals surface area contributed by atoms with Gasteiger partial charge < -0.3 is 5.11 Å². The van der Waals surface area contributed by atoms with Crippen LogP contribution in [0.25, 0.3) is 10.9 Å². The van der Waals surface area contributed by atoms with Crippen molar-refractivity contribution in [3.63, 3.8) is 0 Å². The van der Waals surface area contributed by atoms with Gasteiger partial charge in [0.2, 0.25) is 0 Å². The summed E-state index contributed by atoms with van der Waals surface area (Å²) in [5.74, 6) is 0.0150. The minimum atomic E-state index is 0.0150. The van der Waals surface area contributed by atoms with Gasteiger partial charge in [0, 0.05) is 11.6 Å². The maximum Gasteiger partial charge on any atom is 0.167 e. The summed E-state index contributed by atoms with van der Waals surface area (Å²) in [7, 11) is 0. The molecule has 0 fully saturated rings. The first-order chi connectivity index (χ1) is 7.83. The highest BCUT2D eigenvalue weighted by Crippen LogP contribution is 2.30. The molecule has 5 nitrogen and oxygen atoms in total. The second-order valence-electron chi connectivity index (χ2n) is 3.06. The van der Waals surface area contributed by atoms with Gasteiger partial charge in [-0.3, -0.25) is 15.2 Å². The van der Waals surface area contributed by atoms with Gasteiger partial charge in [0.05, 0.1) is 6.21 Å². The molecule has 0 atom stereocenters. The van der Waals surface area contributed by atoms with Crippen molar-refractivity contribution in [1.82, 2.24) is 4.98 Å². The Kier molecular flexibility index (Phi) is 2.77. The lowest BCUT2D eigenvalue weighted by atomic mass is 10.2. The number of hydrogen-bond donors (Lipinski definition) is 2. The van der Waals surface area contributed by atoms with E-state index in [4.69, 9.17) is 0 Å². The van der Waals surface area contributed by atoms with Crippen molar-refractivity contribution < 1.29 is 9.90 Å². The van der Waals surface area contributed by atoms with E-state index in [-0.39, 0.29) is 5.75 Å². The van der Waals surface area contributed by atoms with Gasteiger partial charge in [0.15, 0.2) is 12.0 Å². The highest BCUT2D eigenvalue weighted by Gasteiger charge is 2.05. The molecule has 1 heterocycles. The number of carbonyl (C=O) groups is 1. The minimum Gasteiger partial charge on any atom is -0.504 e. The Balaban J connectivity index is 2.44. The molecule has 0 spiro atoms. The predicted molar refractivity (Wildman–Crippen MR) is 61.6 cm³/mol. The fourth-order valence-electron chi connectivity index (χ4n) is 1.36. The Morgan fingerprint density at radius 2 is 2.25 bits per heavy atom. The van der Waals surface area contributed by atoms with Crippen molar-refractivity contribution >= 4 is 29.1 Å². The molecular weight excluding hydrogens is 206 g/mol. The first-order valence-corrected chi connectivity index (χ1v) is 4.62. The van der Waals surface area contributed by atoms with Crippen molar-refractivity contribution in [2.45, 2.75) is 0 Å². The zero-order valence-corrected chi connectivity index (χ0v) is 8.29. The molecule has 2 rings (SSSR count). The van der Waals surface area contributed by atoms with Crippen LogP contribution in [0.5, 0.6) is 5.75 Å². The molecule has 1 aromatic carbocycles. The summed E-state index contributed by atoms with van der Waals surface area (Å²) < 4.78 is 0. The summed E-state index contributed by atoms with van der Waals surface area (Å²) in [5, 5.41) is 14.3. The molecule has 0 bridgehead atoms. The molecule has 80 valence electrons. The Hall–Kier alpha value is -2.43. The third kappa shape index (κ3) is 1.83. The lowest BCUT2D eigenvalue weighted by molar-refractivity contribution is -0.102. The Morgan fingerprint density at radius 1 is 1.38 bits per heavy atom. The van der Waals surface area contributed by atoms with Gasteiger partial charge >= 0.3 is 0 Å². The maximum atomic E-state index is 10.0. The van der Waals surface area contributed by atoms with Gasteiger partial charge in [-0.15, -0.1) is 0 Å². The number of carbonyl (C=O) groups excluding carboxylic acids is 1. The number of phenolic OH excluding ortho intramolecular Hbond substituents is 1. The van der Waals surface area contributed by atoms with Crippen LogP contribution in [0.2, 0.25) is 0 Å². The van der Waals surface area contributed by atoms with Gasteiger partial charge in [0.1, 0.15) is 11.2 Å². The molecule has 5 heteroatoms. The number of aromatic nitrogens is 1. The quantitative estimate of drug-likeness (QED) is 0.352. The number of pyridine rings is 1. The zero-order valence-electron chi connectivity index (χ0n) is 8.29. The third-order valence-corrected chi connectivity index (χ3v) is 2.07. The number of aromatic hydroxyl groups is 1. The van der Waals surface area contributed by atoms with Crippen molar-refractivity contribution in [2.24, 2.45) is 5.10 Å². The van der Waals surface area contributed by atoms with E-state index in [9.17, 15) is 9.90 Å². The number of phenols is 1. The third-order valence-electron chi connectivity index (χ3n) is 2.07. The summed E-state index contributed by atoms with van der Waals surface area (Å²) in [5.41, 5.74) is 3.46. The first kappa shape index (κ1) is 10.1. The maximum absolute atomic E-state index is 10.0. The SMILES string of the molecule is O=C/C=N/Nc1ccc2cccnc2c1O. The van der Waals surface area contributed by atoms with Crippen LogP contribution in [0.4, 0.5) is 5.69 Å². The average molecular weight is 215 g/mol. The van der Waals surface area contributed by atoms with E-state index in [0.717, 1.165) is 11.6 Å². The lowest BCUT2D eigenvalue weighted by Crippen LogP contribution is -1.91. The van der Waals surface area contributed by atoms with Crippen LogP contribution in [0.15, 0.2) is 35.6 Å². The molecule has 0 radical (unpaired) electrons. The molecule has 2 N–H and O–H groups in total. The number of benzene rings is 1. The van der Waals surface area contributed by atoms with Gasteiger partial charge in [0.25, 0.3) is 0 Å². The van der Waals surface area contributed by atoms with E-state index in [1.54, 1.807) is 24.4 Å². The number of rotatable bonds is 3. The molecule has 0 amide bonds. The number of hydrazone groups is 1. The Bertz CT molecular complexity index is 552. The van der Waals surface area contributed by atoms with Crippen LogP contribution in [0.3, 0.4) is 0 Å². The van der Waals surface area contributed by atoms with Crippen LogP contribution in [-0.4, -0.2) is 22.6 Å². The van der Waals surface area contributed by atoms with Gasteiger partial charge in [-0.2, -0.15) is 5.10 Å². The normalized spacial score (nSPS) is 10.8. The molecular formula is C11H9N3O2. The summed E-state index contributed by atoms with van der Waals surface area (Å²) in [6.45, 7) is 0. The van der Waals surface area contributed by atoms with Crippen LogP contribution in [-0.2, 0) is 4.79 Å². The van der Waals surface area contributed by atoms with Crippen LogP contribution < -0.4 is 5.43 Å². The van der Waals surface area contributed by atoms with Crippen LogP contribution in [0.1, 0.15) is 0 Å². The fourth-order valence-corrected chi connectivity index (χ4v) is 1.36. The monoisotopic (exact) mass is 215 g/mol. The molecule has 0 unspecified atom stereocenters. The van der Waals surface area contributed by atoms with Gasteiger partial charge in [-0.25, -0.2) is 0 Å².